The van der Waals surface area contributed by atoms with Crippen molar-refractivity contribution in [2.24, 2.45) is 0 Å². The molecule has 0 unspecified atom stereocenters. The van der Waals surface area contributed by atoms with Gasteiger partial charge in [0.1, 0.15) is 10.9 Å². The predicted molar refractivity (Wildman–Crippen MR) is 137 cm³/mol. The van der Waals surface area contributed by atoms with Crippen LogP contribution in [0, 0.1) is 0 Å². The highest BCUT2D eigenvalue weighted by Gasteiger charge is 2.42. The molecule has 2 aliphatic rings. The molecule has 3 amide bonds. The molecule has 2 aromatic rings. The second-order valence-corrected chi connectivity index (χ2v) is 9.56. The van der Waals surface area contributed by atoms with Crippen LogP contribution >= 0.6 is 24.0 Å². The molecule has 0 radical (unpaired) electrons. The highest BCUT2D eigenvalue weighted by molar-refractivity contribution is 8.26. The monoisotopic (exact) mass is 479 g/mol. The SMILES string of the molecule is CCCCCCN1C(=O)/C(=C2\C(=O)N(CC(=O)Nc3ccccc3)c3ccccc32)SC1=S. The van der Waals surface area contributed by atoms with Crippen molar-refractivity contribution in [1.82, 2.24) is 4.90 Å². The number of nitrogens with zero attached hydrogens (tertiary/aromatic N) is 2. The van der Waals surface area contributed by atoms with Gasteiger partial charge in [-0.15, -0.1) is 0 Å². The molecule has 2 aliphatic heterocycles. The van der Waals surface area contributed by atoms with Crippen LogP contribution in [0.4, 0.5) is 11.4 Å². The van der Waals surface area contributed by atoms with Crippen LogP contribution in [-0.4, -0.2) is 40.0 Å². The molecule has 1 N–H and O–H groups in total. The minimum Gasteiger partial charge on any atom is -0.325 e. The van der Waals surface area contributed by atoms with Crippen molar-refractivity contribution in [2.75, 3.05) is 23.3 Å². The number of hydrogen-bond donors (Lipinski definition) is 1. The van der Waals surface area contributed by atoms with E-state index in [1.165, 1.54) is 16.7 Å². The van der Waals surface area contributed by atoms with Crippen molar-refractivity contribution in [1.29, 1.82) is 0 Å². The van der Waals surface area contributed by atoms with E-state index in [-0.39, 0.29) is 24.3 Å². The zero-order valence-electron chi connectivity index (χ0n) is 18.4. The standard InChI is InChI=1S/C25H25N3O3S2/c1-2-3-4-10-15-27-24(31)22(33-25(27)32)21-18-13-8-9-14-19(18)28(23(21)30)16-20(29)26-17-11-6-5-7-12-17/h5-9,11-14H,2-4,10,15-16H2,1H3,(H,26,29)/b22-21+. The van der Waals surface area contributed by atoms with Gasteiger partial charge < -0.3 is 5.32 Å². The number of carbonyl (C=O) groups is 3. The number of unbranched alkanes of at least 4 members (excludes halogenated alkanes) is 3. The molecule has 0 bridgehead atoms. The van der Waals surface area contributed by atoms with Gasteiger partial charge in [0.25, 0.3) is 11.8 Å². The van der Waals surface area contributed by atoms with Crippen LogP contribution < -0.4 is 10.2 Å². The van der Waals surface area contributed by atoms with Gasteiger partial charge in [0.2, 0.25) is 5.91 Å². The van der Waals surface area contributed by atoms with E-state index in [1.54, 1.807) is 23.1 Å². The highest BCUT2D eigenvalue weighted by Crippen LogP contribution is 2.44. The summed E-state index contributed by atoms with van der Waals surface area (Å²) in [6.45, 7) is 2.55. The lowest BCUT2D eigenvalue weighted by Gasteiger charge is -2.16. The molecule has 0 aromatic heterocycles. The summed E-state index contributed by atoms with van der Waals surface area (Å²) in [6.07, 6.45) is 4.13. The molecule has 33 heavy (non-hydrogen) atoms. The largest absolute Gasteiger partial charge is 0.325 e. The van der Waals surface area contributed by atoms with Gasteiger partial charge in [0.15, 0.2) is 0 Å². The lowest BCUT2D eigenvalue weighted by Crippen LogP contribution is -2.35. The van der Waals surface area contributed by atoms with Crippen molar-refractivity contribution in [2.45, 2.75) is 32.6 Å². The number of carbonyl (C=O) groups excluding carboxylic acids is 3. The normalized spacial score (nSPS) is 17.7. The number of rotatable bonds is 8. The van der Waals surface area contributed by atoms with Crippen molar-refractivity contribution >= 4 is 63.0 Å². The van der Waals surface area contributed by atoms with Crippen molar-refractivity contribution in [3.8, 4) is 0 Å². The summed E-state index contributed by atoms with van der Waals surface area (Å²) >= 11 is 6.64. The van der Waals surface area contributed by atoms with E-state index >= 15 is 0 Å². The Balaban J connectivity index is 1.58. The number of para-hydroxylation sites is 2. The Kier molecular flexibility index (Phi) is 7.25. The van der Waals surface area contributed by atoms with Gasteiger partial charge in [-0.2, -0.15) is 0 Å². The van der Waals surface area contributed by atoms with Crippen LogP contribution in [0.25, 0.3) is 5.57 Å². The van der Waals surface area contributed by atoms with E-state index in [2.05, 4.69) is 12.2 Å². The van der Waals surface area contributed by atoms with Crippen LogP contribution in [0.15, 0.2) is 59.5 Å². The quantitative estimate of drug-likeness (QED) is 0.334. The third-order valence-electron chi connectivity index (χ3n) is 5.59. The van der Waals surface area contributed by atoms with Gasteiger partial charge in [-0.1, -0.05) is 86.6 Å². The lowest BCUT2D eigenvalue weighted by molar-refractivity contribution is -0.122. The molecule has 170 valence electrons. The lowest BCUT2D eigenvalue weighted by atomic mass is 10.1. The summed E-state index contributed by atoms with van der Waals surface area (Å²) in [5.41, 5.74) is 2.26. The number of fused-ring (bicyclic) bond motifs is 1. The topological polar surface area (TPSA) is 69.7 Å². The molecular formula is C25H25N3O3S2. The Morgan fingerprint density at radius 3 is 2.42 bits per heavy atom. The smallest absolute Gasteiger partial charge is 0.267 e. The van der Waals surface area contributed by atoms with Gasteiger partial charge in [0, 0.05) is 17.8 Å². The second-order valence-electron chi connectivity index (χ2n) is 7.91. The number of benzene rings is 2. The minimum absolute atomic E-state index is 0.147. The number of thioether (sulfide) groups is 1. The van der Waals surface area contributed by atoms with Crippen LogP contribution in [0.1, 0.15) is 38.2 Å². The first-order valence-electron chi connectivity index (χ1n) is 11.1. The number of anilines is 2. The first-order valence-corrected chi connectivity index (χ1v) is 12.3. The molecule has 0 spiro atoms. The average molecular weight is 480 g/mol. The first-order chi connectivity index (χ1) is 16.0. The molecule has 2 aromatic carbocycles. The molecule has 1 fully saturated rings. The molecular weight excluding hydrogens is 454 g/mol. The van der Waals surface area contributed by atoms with Crippen molar-refractivity contribution in [3.63, 3.8) is 0 Å². The Bertz CT molecular complexity index is 1130. The minimum atomic E-state index is -0.356. The fraction of sp³-hybridized carbons (Fsp3) is 0.280. The number of hydrogen-bond acceptors (Lipinski definition) is 5. The van der Waals surface area contributed by atoms with Gasteiger partial charge in [-0.25, -0.2) is 0 Å². The zero-order chi connectivity index (χ0) is 23.4. The average Bonchev–Trinajstić information content (AvgIpc) is 3.24. The second kappa shape index (κ2) is 10.3. The summed E-state index contributed by atoms with van der Waals surface area (Å²) < 4.78 is 0.476. The van der Waals surface area contributed by atoms with Crippen LogP contribution in [-0.2, 0) is 14.4 Å². The Hall–Kier alpha value is -2.97. The van der Waals surface area contributed by atoms with E-state index < -0.39 is 0 Å². The molecule has 0 aliphatic carbocycles. The van der Waals surface area contributed by atoms with E-state index in [0.717, 1.165) is 25.7 Å². The maximum absolute atomic E-state index is 13.5. The zero-order valence-corrected chi connectivity index (χ0v) is 20.0. The fourth-order valence-corrected chi connectivity index (χ4v) is 5.34. The molecule has 0 atom stereocenters. The summed E-state index contributed by atoms with van der Waals surface area (Å²) in [6, 6.07) is 16.3. The summed E-state index contributed by atoms with van der Waals surface area (Å²) in [4.78, 5) is 42.7. The summed E-state index contributed by atoms with van der Waals surface area (Å²) in [7, 11) is 0. The predicted octanol–water partition coefficient (Wildman–Crippen LogP) is 4.82. The highest BCUT2D eigenvalue weighted by atomic mass is 32.2. The van der Waals surface area contributed by atoms with E-state index in [4.69, 9.17) is 12.2 Å². The van der Waals surface area contributed by atoms with Crippen molar-refractivity contribution in [3.05, 3.63) is 65.1 Å². The Morgan fingerprint density at radius 1 is 0.939 bits per heavy atom. The maximum Gasteiger partial charge on any atom is 0.267 e. The van der Waals surface area contributed by atoms with Crippen LogP contribution in [0.5, 0.6) is 0 Å². The van der Waals surface area contributed by atoms with E-state index in [9.17, 15) is 14.4 Å². The summed E-state index contributed by atoms with van der Waals surface area (Å²) in [5, 5.41) is 2.81. The third-order valence-corrected chi connectivity index (χ3v) is 7.04. The number of amides is 3. The van der Waals surface area contributed by atoms with E-state index in [1.807, 2.05) is 36.4 Å². The van der Waals surface area contributed by atoms with E-state index in [0.29, 0.717) is 38.3 Å². The van der Waals surface area contributed by atoms with Gasteiger partial charge in [0.05, 0.1) is 16.2 Å². The number of nitrogens with one attached hydrogen (secondary N) is 1. The van der Waals surface area contributed by atoms with Crippen LogP contribution in [0.2, 0.25) is 0 Å². The van der Waals surface area contributed by atoms with Gasteiger partial charge >= 0.3 is 0 Å². The molecule has 1 saturated heterocycles. The third kappa shape index (κ3) is 4.86. The fourth-order valence-electron chi connectivity index (χ4n) is 3.96. The van der Waals surface area contributed by atoms with Crippen LogP contribution in [0.3, 0.4) is 0 Å². The maximum atomic E-state index is 13.5. The first kappa shape index (κ1) is 23.2. The molecule has 6 nitrogen and oxygen atoms in total. The Labute approximate surface area is 203 Å². The molecule has 2 heterocycles. The molecule has 0 saturated carbocycles. The van der Waals surface area contributed by atoms with Gasteiger partial charge in [-0.05, 0) is 24.6 Å². The van der Waals surface area contributed by atoms with Crippen molar-refractivity contribution < 1.29 is 14.4 Å². The summed E-state index contributed by atoms with van der Waals surface area (Å²) in [5.74, 6) is -0.893. The molecule has 8 heteroatoms. The molecule has 4 rings (SSSR count). The van der Waals surface area contributed by atoms with Gasteiger partial charge in [-0.3, -0.25) is 24.2 Å². The number of thiocarbonyl (C=S) groups is 1. The Morgan fingerprint density at radius 2 is 1.67 bits per heavy atom.